The van der Waals surface area contributed by atoms with E-state index >= 15 is 0 Å². The predicted molar refractivity (Wildman–Crippen MR) is 89.6 cm³/mol. The van der Waals surface area contributed by atoms with Crippen LogP contribution >= 0.6 is 0 Å². The molecule has 128 valence electrons. The largest absolute Gasteiger partial charge is 0.488 e. The molecule has 2 aromatic rings. The molecule has 0 aliphatic heterocycles. The van der Waals surface area contributed by atoms with Crippen molar-refractivity contribution in [3.63, 3.8) is 0 Å². The van der Waals surface area contributed by atoms with Gasteiger partial charge < -0.3 is 19.7 Å². The smallest absolute Gasteiger partial charge is 0.240 e. The second-order valence-electron chi connectivity index (χ2n) is 6.04. The molecule has 1 aliphatic rings. The number of carbonyl (C=O) groups is 1. The van der Waals surface area contributed by atoms with Gasteiger partial charge in [0, 0.05) is 18.8 Å². The van der Waals surface area contributed by atoms with E-state index in [1.165, 1.54) is 0 Å². The second-order valence-corrected chi connectivity index (χ2v) is 6.04. The number of nitrogens with one attached hydrogen (secondary N) is 1. The molecule has 1 aliphatic carbocycles. The maximum atomic E-state index is 12.2. The van der Waals surface area contributed by atoms with E-state index < -0.39 is 6.10 Å². The van der Waals surface area contributed by atoms with Gasteiger partial charge in [0.05, 0.1) is 6.04 Å². The summed E-state index contributed by atoms with van der Waals surface area (Å²) in [5.74, 6) is 1.49. The maximum absolute atomic E-state index is 12.2. The lowest BCUT2D eigenvalue weighted by molar-refractivity contribution is -0.123. The highest BCUT2D eigenvalue weighted by atomic mass is 16.5. The Hall–Kier alpha value is -2.34. The van der Waals surface area contributed by atoms with Crippen molar-refractivity contribution >= 4 is 5.91 Å². The van der Waals surface area contributed by atoms with Gasteiger partial charge in [-0.25, -0.2) is 4.98 Å². The van der Waals surface area contributed by atoms with Gasteiger partial charge in [-0.1, -0.05) is 25.1 Å². The molecule has 0 saturated heterocycles. The zero-order valence-electron chi connectivity index (χ0n) is 13.8. The standard InChI is InChI=1S/C18H23N3O3/c1-2-16-19-10-11-21(16)12-17(22)20-14-8-9-15(18(14)23)24-13-6-4-3-5-7-13/h3-7,10-11,14-15,18,23H,2,8-9,12H2,1H3,(H,20,22)/t14-,15-,18-/m1/s1. The number of aliphatic hydroxyl groups excluding tert-OH is 1. The van der Waals surface area contributed by atoms with Gasteiger partial charge >= 0.3 is 0 Å². The van der Waals surface area contributed by atoms with E-state index in [1.807, 2.05) is 41.8 Å². The number of rotatable bonds is 6. The first-order valence-electron chi connectivity index (χ1n) is 8.36. The summed E-state index contributed by atoms with van der Waals surface area (Å²) in [4.78, 5) is 16.4. The minimum absolute atomic E-state index is 0.118. The van der Waals surface area contributed by atoms with E-state index in [0.717, 1.165) is 18.0 Å². The first-order valence-corrected chi connectivity index (χ1v) is 8.36. The fourth-order valence-electron chi connectivity index (χ4n) is 3.11. The topological polar surface area (TPSA) is 76.4 Å². The number of hydrogen-bond donors (Lipinski definition) is 2. The van der Waals surface area contributed by atoms with E-state index in [-0.39, 0.29) is 24.6 Å². The van der Waals surface area contributed by atoms with Gasteiger partial charge in [0.2, 0.25) is 5.91 Å². The Morgan fingerprint density at radius 1 is 1.38 bits per heavy atom. The van der Waals surface area contributed by atoms with Crippen LogP contribution in [0.2, 0.25) is 0 Å². The summed E-state index contributed by atoms with van der Waals surface area (Å²) in [5.41, 5.74) is 0. The summed E-state index contributed by atoms with van der Waals surface area (Å²) in [6.45, 7) is 2.22. The number of aromatic nitrogens is 2. The van der Waals surface area contributed by atoms with Gasteiger partial charge in [0.15, 0.2) is 0 Å². The molecule has 6 nitrogen and oxygen atoms in total. The van der Waals surface area contributed by atoms with Crippen LogP contribution in [0.3, 0.4) is 0 Å². The number of para-hydroxylation sites is 1. The lowest BCUT2D eigenvalue weighted by atomic mass is 10.2. The van der Waals surface area contributed by atoms with Gasteiger partial charge in [0.1, 0.15) is 30.3 Å². The predicted octanol–water partition coefficient (Wildman–Crippen LogP) is 1.53. The molecular weight excluding hydrogens is 306 g/mol. The Morgan fingerprint density at radius 3 is 2.92 bits per heavy atom. The minimum atomic E-state index is -0.706. The van der Waals surface area contributed by atoms with Crippen molar-refractivity contribution < 1.29 is 14.6 Å². The number of hydrogen-bond acceptors (Lipinski definition) is 4. The maximum Gasteiger partial charge on any atom is 0.240 e. The number of nitrogens with zero attached hydrogens (tertiary/aromatic N) is 2. The van der Waals surface area contributed by atoms with E-state index in [0.29, 0.717) is 12.8 Å². The molecule has 0 unspecified atom stereocenters. The molecule has 24 heavy (non-hydrogen) atoms. The van der Waals surface area contributed by atoms with Crippen LogP contribution in [-0.4, -0.2) is 38.8 Å². The Balaban J connectivity index is 1.53. The van der Waals surface area contributed by atoms with Crippen LogP contribution in [0, 0.1) is 0 Å². The van der Waals surface area contributed by atoms with Crippen LogP contribution in [0.15, 0.2) is 42.7 Å². The second kappa shape index (κ2) is 7.49. The summed E-state index contributed by atoms with van der Waals surface area (Å²) >= 11 is 0. The highest BCUT2D eigenvalue weighted by molar-refractivity contribution is 5.76. The van der Waals surface area contributed by atoms with Crippen LogP contribution in [0.5, 0.6) is 5.75 Å². The quantitative estimate of drug-likeness (QED) is 0.843. The monoisotopic (exact) mass is 329 g/mol. The Kier molecular flexibility index (Phi) is 5.15. The molecule has 0 spiro atoms. The summed E-state index contributed by atoms with van der Waals surface area (Å²) in [6, 6.07) is 9.16. The highest BCUT2D eigenvalue weighted by Gasteiger charge is 2.37. The Bertz CT molecular complexity index is 671. The van der Waals surface area contributed by atoms with Gasteiger partial charge in [0.25, 0.3) is 0 Å². The molecule has 2 N–H and O–H groups in total. The highest BCUT2D eigenvalue weighted by Crippen LogP contribution is 2.25. The van der Waals surface area contributed by atoms with E-state index in [9.17, 15) is 9.90 Å². The van der Waals surface area contributed by atoms with Crippen LogP contribution in [-0.2, 0) is 17.8 Å². The van der Waals surface area contributed by atoms with Crippen molar-refractivity contribution in [2.45, 2.75) is 51.0 Å². The van der Waals surface area contributed by atoms with Crippen molar-refractivity contribution in [3.05, 3.63) is 48.5 Å². The fraction of sp³-hybridized carbons (Fsp3) is 0.444. The number of amides is 1. The van der Waals surface area contributed by atoms with Crippen LogP contribution in [0.1, 0.15) is 25.6 Å². The number of imidazole rings is 1. The zero-order chi connectivity index (χ0) is 16.9. The molecule has 1 amide bonds. The Morgan fingerprint density at radius 2 is 2.17 bits per heavy atom. The summed E-state index contributed by atoms with van der Waals surface area (Å²) < 4.78 is 7.65. The third kappa shape index (κ3) is 3.76. The molecule has 0 bridgehead atoms. The summed E-state index contributed by atoms with van der Waals surface area (Å²) in [6.07, 6.45) is 4.69. The van der Waals surface area contributed by atoms with Gasteiger partial charge in [-0.2, -0.15) is 0 Å². The average molecular weight is 329 g/mol. The van der Waals surface area contributed by atoms with Crippen molar-refractivity contribution in [3.8, 4) is 5.75 Å². The molecule has 6 heteroatoms. The molecule has 1 heterocycles. The van der Waals surface area contributed by atoms with Gasteiger partial charge in [-0.3, -0.25) is 4.79 Å². The minimum Gasteiger partial charge on any atom is -0.488 e. The number of aryl methyl sites for hydroxylation is 1. The van der Waals surface area contributed by atoms with Crippen molar-refractivity contribution in [1.82, 2.24) is 14.9 Å². The van der Waals surface area contributed by atoms with Gasteiger partial charge in [-0.15, -0.1) is 0 Å². The van der Waals surface area contributed by atoms with Crippen LogP contribution < -0.4 is 10.1 Å². The van der Waals surface area contributed by atoms with Gasteiger partial charge in [-0.05, 0) is 25.0 Å². The third-order valence-corrected chi connectivity index (χ3v) is 4.36. The summed E-state index contributed by atoms with van der Waals surface area (Å²) in [5, 5.41) is 13.3. The average Bonchev–Trinajstić information content (AvgIpc) is 3.17. The van der Waals surface area contributed by atoms with Crippen molar-refractivity contribution in [2.24, 2.45) is 0 Å². The van der Waals surface area contributed by atoms with Crippen LogP contribution in [0.25, 0.3) is 0 Å². The summed E-state index contributed by atoms with van der Waals surface area (Å²) in [7, 11) is 0. The number of carbonyl (C=O) groups excluding carboxylic acids is 1. The SMILES string of the molecule is CCc1nccn1CC(=O)N[C@@H]1CC[C@@H](Oc2ccccc2)[C@@H]1O. The molecule has 1 aromatic carbocycles. The van der Waals surface area contributed by atoms with E-state index in [2.05, 4.69) is 10.3 Å². The first kappa shape index (κ1) is 16.5. The number of benzene rings is 1. The normalized spacial score (nSPS) is 23.2. The molecular formula is C18H23N3O3. The molecule has 1 saturated carbocycles. The molecule has 1 aromatic heterocycles. The lowest BCUT2D eigenvalue weighted by Gasteiger charge is -2.22. The number of ether oxygens (including phenoxy) is 1. The fourth-order valence-corrected chi connectivity index (χ4v) is 3.11. The molecule has 3 rings (SSSR count). The lowest BCUT2D eigenvalue weighted by Crippen LogP contribution is -2.45. The molecule has 1 fully saturated rings. The van der Waals surface area contributed by atoms with Crippen molar-refractivity contribution in [1.29, 1.82) is 0 Å². The third-order valence-electron chi connectivity index (χ3n) is 4.36. The molecule has 0 radical (unpaired) electrons. The molecule has 3 atom stereocenters. The Labute approximate surface area is 141 Å². The van der Waals surface area contributed by atoms with Crippen LogP contribution in [0.4, 0.5) is 0 Å². The van der Waals surface area contributed by atoms with E-state index in [4.69, 9.17) is 4.74 Å². The number of aliphatic hydroxyl groups is 1. The zero-order valence-corrected chi connectivity index (χ0v) is 13.8. The first-order chi connectivity index (χ1) is 11.7. The van der Waals surface area contributed by atoms with Crippen molar-refractivity contribution in [2.75, 3.05) is 0 Å². The van der Waals surface area contributed by atoms with E-state index in [1.54, 1.807) is 12.4 Å².